The van der Waals surface area contributed by atoms with Gasteiger partial charge in [-0.15, -0.1) is 0 Å². The topological polar surface area (TPSA) is 41.1 Å². The molecule has 2 rings (SSSR count). The number of amides is 1. The van der Waals surface area contributed by atoms with E-state index in [4.69, 9.17) is 0 Å². The van der Waals surface area contributed by atoms with Gasteiger partial charge in [0.2, 0.25) is 0 Å². The third-order valence-corrected chi connectivity index (χ3v) is 2.87. The molecule has 0 heterocycles. The van der Waals surface area contributed by atoms with Gasteiger partial charge in [-0.2, -0.15) is 0 Å². The Balaban J connectivity index is 2.09. The molecule has 0 aliphatic carbocycles. The first kappa shape index (κ1) is 14.0. The van der Waals surface area contributed by atoms with Crippen LogP contribution in [0.25, 0.3) is 0 Å². The molecule has 2 N–H and O–H groups in total. The number of halogens is 2. The number of benzene rings is 2. The monoisotopic (exact) mass is 276 g/mol. The van der Waals surface area contributed by atoms with Crippen LogP contribution in [0.15, 0.2) is 42.5 Å². The molecule has 0 radical (unpaired) electrons. The van der Waals surface area contributed by atoms with E-state index in [1.165, 1.54) is 30.3 Å². The molecule has 2 aromatic rings. The molecular formula is C15H14F2N2O. The van der Waals surface area contributed by atoms with Gasteiger partial charge in [0.05, 0.1) is 11.3 Å². The third kappa shape index (κ3) is 3.12. The van der Waals surface area contributed by atoms with Crippen LogP contribution in [0, 0.1) is 11.6 Å². The van der Waals surface area contributed by atoms with Gasteiger partial charge < -0.3 is 10.6 Å². The van der Waals surface area contributed by atoms with Crippen molar-refractivity contribution in [1.29, 1.82) is 0 Å². The molecule has 104 valence electrons. The molecule has 0 aliphatic rings. The van der Waals surface area contributed by atoms with Crippen molar-refractivity contribution < 1.29 is 13.6 Å². The van der Waals surface area contributed by atoms with Crippen LogP contribution in [0.3, 0.4) is 0 Å². The van der Waals surface area contributed by atoms with E-state index in [1.807, 2.05) is 0 Å². The number of carbonyl (C=O) groups excluding carboxylic acids is 1. The highest BCUT2D eigenvalue weighted by Gasteiger charge is 2.13. The lowest BCUT2D eigenvalue weighted by atomic mass is 10.1. The fraction of sp³-hybridized carbons (Fsp3) is 0.133. The quantitative estimate of drug-likeness (QED) is 0.901. The van der Waals surface area contributed by atoms with Crippen molar-refractivity contribution >= 4 is 11.6 Å². The highest BCUT2D eigenvalue weighted by atomic mass is 19.1. The van der Waals surface area contributed by atoms with Gasteiger partial charge in [-0.25, -0.2) is 8.78 Å². The molecule has 2 aromatic carbocycles. The lowest BCUT2D eigenvalue weighted by Crippen LogP contribution is -2.24. The van der Waals surface area contributed by atoms with Gasteiger partial charge >= 0.3 is 0 Å². The van der Waals surface area contributed by atoms with Crippen molar-refractivity contribution in [1.82, 2.24) is 5.32 Å². The van der Waals surface area contributed by atoms with Crippen LogP contribution in [0.1, 0.15) is 15.9 Å². The Morgan fingerprint density at radius 3 is 2.45 bits per heavy atom. The number of rotatable bonds is 4. The molecule has 0 saturated heterocycles. The zero-order valence-electron chi connectivity index (χ0n) is 10.9. The second-order valence-corrected chi connectivity index (χ2v) is 4.22. The molecule has 0 aliphatic heterocycles. The highest BCUT2D eigenvalue weighted by molar-refractivity contribution is 5.99. The van der Waals surface area contributed by atoms with Crippen molar-refractivity contribution in [2.75, 3.05) is 12.4 Å². The Bertz CT molecular complexity index is 612. The van der Waals surface area contributed by atoms with Crippen molar-refractivity contribution in [3.05, 3.63) is 65.2 Å². The second kappa shape index (κ2) is 6.14. The molecular weight excluding hydrogens is 262 g/mol. The Morgan fingerprint density at radius 1 is 1.10 bits per heavy atom. The first-order valence-electron chi connectivity index (χ1n) is 6.10. The maximum Gasteiger partial charge on any atom is 0.253 e. The second-order valence-electron chi connectivity index (χ2n) is 4.22. The summed E-state index contributed by atoms with van der Waals surface area (Å²) < 4.78 is 26.3. The zero-order valence-corrected chi connectivity index (χ0v) is 10.9. The Hall–Kier alpha value is -2.43. The smallest absolute Gasteiger partial charge is 0.253 e. The first-order valence-corrected chi connectivity index (χ1v) is 6.10. The lowest BCUT2D eigenvalue weighted by molar-refractivity contribution is 0.0951. The minimum absolute atomic E-state index is 0.157. The van der Waals surface area contributed by atoms with Gasteiger partial charge in [-0.1, -0.05) is 18.2 Å². The molecule has 20 heavy (non-hydrogen) atoms. The molecule has 0 aromatic heterocycles. The molecule has 1 amide bonds. The maximum absolute atomic E-state index is 13.5. The third-order valence-electron chi connectivity index (χ3n) is 2.87. The zero-order chi connectivity index (χ0) is 14.5. The Kier molecular flexibility index (Phi) is 4.30. The fourth-order valence-electron chi connectivity index (χ4n) is 1.85. The van der Waals surface area contributed by atoms with Crippen molar-refractivity contribution in [2.24, 2.45) is 0 Å². The summed E-state index contributed by atoms with van der Waals surface area (Å²) in [6, 6.07) is 10.1. The molecule has 0 spiro atoms. The van der Waals surface area contributed by atoms with Crippen LogP contribution in [0.2, 0.25) is 0 Å². The van der Waals surface area contributed by atoms with Gasteiger partial charge in [0.1, 0.15) is 11.6 Å². The summed E-state index contributed by atoms with van der Waals surface area (Å²) in [4.78, 5) is 12.0. The number of para-hydroxylation sites is 1. The number of carbonyl (C=O) groups is 1. The van der Waals surface area contributed by atoms with Crippen LogP contribution in [-0.2, 0) is 6.54 Å². The number of nitrogens with one attached hydrogen (secondary N) is 2. The fourth-order valence-corrected chi connectivity index (χ4v) is 1.85. The Labute approximate surface area is 115 Å². The predicted molar refractivity (Wildman–Crippen MR) is 73.5 cm³/mol. The number of hydrogen-bond donors (Lipinski definition) is 2. The van der Waals surface area contributed by atoms with Gasteiger partial charge in [0.25, 0.3) is 5.91 Å². The summed E-state index contributed by atoms with van der Waals surface area (Å²) in [6.45, 7) is 0.249. The summed E-state index contributed by atoms with van der Waals surface area (Å²) in [7, 11) is 1.55. The van der Waals surface area contributed by atoms with E-state index in [0.717, 1.165) is 5.56 Å². The maximum atomic E-state index is 13.5. The summed E-state index contributed by atoms with van der Waals surface area (Å²) in [5.74, 6) is -1.21. The van der Waals surface area contributed by atoms with E-state index in [0.29, 0.717) is 0 Å². The van der Waals surface area contributed by atoms with Crippen LogP contribution in [0.4, 0.5) is 14.5 Å². The molecule has 3 nitrogen and oxygen atoms in total. The van der Waals surface area contributed by atoms with E-state index >= 15 is 0 Å². The van der Waals surface area contributed by atoms with Crippen molar-refractivity contribution in [2.45, 2.75) is 6.54 Å². The van der Waals surface area contributed by atoms with Crippen molar-refractivity contribution in [3.8, 4) is 0 Å². The summed E-state index contributed by atoms with van der Waals surface area (Å²) >= 11 is 0. The van der Waals surface area contributed by atoms with Crippen molar-refractivity contribution in [3.63, 3.8) is 0 Å². The van der Waals surface area contributed by atoms with Crippen LogP contribution in [-0.4, -0.2) is 13.0 Å². The normalized spacial score (nSPS) is 10.2. The minimum Gasteiger partial charge on any atom is -0.385 e. The van der Waals surface area contributed by atoms with Crippen LogP contribution in [0.5, 0.6) is 0 Å². The largest absolute Gasteiger partial charge is 0.385 e. The molecule has 5 heteroatoms. The molecule has 0 fully saturated rings. The van der Waals surface area contributed by atoms with Crippen LogP contribution >= 0.6 is 0 Å². The van der Waals surface area contributed by atoms with E-state index < -0.39 is 11.7 Å². The van der Waals surface area contributed by atoms with Gasteiger partial charge in [0.15, 0.2) is 0 Å². The van der Waals surface area contributed by atoms with Gasteiger partial charge in [-0.05, 0) is 29.8 Å². The lowest BCUT2D eigenvalue weighted by Gasteiger charge is -2.10. The molecule has 0 unspecified atom stereocenters. The van der Waals surface area contributed by atoms with Gasteiger partial charge in [0, 0.05) is 13.6 Å². The molecule has 0 bridgehead atoms. The van der Waals surface area contributed by atoms with E-state index in [2.05, 4.69) is 10.6 Å². The van der Waals surface area contributed by atoms with E-state index in [1.54, 1.807) is 19.2 Å². The van der Waals surface area contributed by atoms with Crippen LogP contribution < -0.4 is 10.6 Å². The average molecular weight is 276 g/mol. The minimum atomic E-state index is -0.484. The standard InChI is InChI=1S/C15H14F2N2O/c1-18-14-12(3-2-4-13(14)17)15(20)19-9-10-5-7-11(16)8-6-10/h2-8,18H,9H2,1H3,(H,19,20). The number of hydrogen-bond acceptors (Lipinski definition) is 2. The first-order chi connectivity index (χ1) is 9.61. The summed E-state index contributed by atoms with van der Waals surface area (Å²) in [5.41, 5.74) is 1.15. The Morgan fingerprint density at radius 2 is 1.80 bits per heavy atom. The SMILES string of the molecule is CNc1c(F)cccc1C(=O)NCc1ccc(F)cc1. The average Bonchev–Trinajstić information content (AvgIpc) is 2.46. The molecule has 0 saturated carbocycles. The van der Waals surface area contributed by atoms with Gasteiger partial charge in [-0.3, -0.25) is 4.79 Å². The number of anilines is 1. The molecule has 0 atom stereocenters. The summed E-state index contributed by atoms with van der Waals surface area (Å²) in [5, 5.41) is 5.33. The van der Waals surface area contributed by atoms with E-state index in [9.17, 15) is 13.6 Å². The highest BCUT2D eigenvalue weighted by Crippen LogP contribution is 2.19. The summed E-state index contributed by atoms with van der Waals surface area (Å²) in [6.07, 6.45) is 0. The van der Waals surface area contributed by atoms with E-state index in [-0.39, 0.29) is 23.6 Å². The predicted octanol–water partition coefficient (Wildman–Crippen LogP) is 2.94.